The average molecular weight is 354 g/mol. The molecule has 0 saturated heterocycles. The number of carbonyl (C=O) groups is 2. The Bertz CT molecular complexity index is 1060. The van der Waals surface area contributed by atoms with Crippen LogP contribution in [0.3, 0.4) is 0 Å². The molecule has 5 nitrogen and oxygen atoms in total. The van der Waals surface area contributed by atoms with Gasteiger partial charge in [-0.25, -0.2) is 0 Å². The van der Waals surface area contributed by atoms with Gasteiger partial charge in [-0.3, -0.25) is 14.6 Å². The van der Waals surface area contributed by atoms with E-state index in [9.17, 15) is 9.59 Å². The number of aromatic nitrogens is 1. The van der Waals surface area contributed by atoms with Crippen molar-refractivity contribution >= 4 is 69.7 Å². The standard InChI is InChI=1S/C20H14N2O3.Na.H/c1-12(23)25-18-9-8-13(14-6-4-10-21-19(14)18)11-16-15-5-2-3-7-17(15)22-20(16)24;;/h2-11H,1H3,(H,22,24);;. The molecule has 0 saturated carbocycles. The van der Waals surface area contributed by atoms with Gasteiger partial charge in [0.05, 0.1) is 0 Å². The van der Waals surface area contributed by atoms with Gasteiger partial charge in [0.15, 0.2) is 5.75 Å². The molecule has 124 valence electrons. The number of benzene rings is 2. The Hall–Kier alpha value is -2.47. The fourth-order valence-corrected chi connectivity index (χ4v) is 2.97. The second-order valence-corrected chi connectivity index (χ2v) is 5.70. The second kappa shape index (κ2) is 7.41. The zero-order valence-corrected chi connectivity index (χ0v) is 13.4. The van der Waals surface area contributed by atoms with Crippen molar-refractivity contribution in [2.75, 3.05) is 5.32 Å². The van der Waals surface area contributed by atoms with Crippen molar-refractivity contribution in [3.8, 4) is 5.75 Å². The van der Waals surface area contributed by atoms with E-state index in [1.165, 1.54) is 6.92 Å². The summed E-state index contributed by atoms with van der Waals surface area (Å²) in [6.45, 7) is 1.35. The molecule has 0 bridgehead atoms. The van der Waals surface area contributed by atoms with Crippen molar-refractivity contribution in [3.05, 3.63) is 65.9 Å². The van der Waals surface area contributed by atoms with Crippen LogP contribution in [-0.2, 0) is 9.59 Å². The molecule has 4 rings (SSSR count). The summed E-state index contributed by atoms with van der Waals surface area (Å²) in [5.41, 5.74) is 3.69. The van der Waals surface area contributed by atoms with Crippen LogP contribution in [0.4, 0.5) is 5.69 Å². The fourth-order valence-electron chi connectivity index (χ4n) is 2.97. The van der Waals surface area contributed by atoms with Crippen LogP contribution in [0.5, 0.6) is 5.75 Å². The molecular weight excluding hydrogens is 339 g/mol. The molecule has 2 heterocycles. The third-order valence-corrected chi connectivity index (χ3v) is 4.03. The van der Waals surface area contributed by atoms with E-state index in [1.54, 1.807) is 12.3 Å². The number of nitrogens with zero attached hydrogens (tertiary/aromatic N) is 1. The Morgan fingerprint density at radius 2 is 1.92 bits per heavy atom. The van der Waals surface area contributed by atoms with Crippen LogP contribution < -0.4 is 10.1 Å². The summed E-state index contributed by atoms with van der Waals surface area (Å²) >= 11 is 0. The van der Waals surface area contributed by atoms with E-state index in [0.717, 1.165) is 22.2 Å². The number of esters is 1. The summed E-state index contributed by atoms with van der Waals surface area (Å²) in [6.07, 6.45) is 3.48. The number of anilines is 1. The molecule has 0 aliphatic carbocycles. The van der Waals surface area contributed by atoms with Crippen LogP contribution in [0.2, 0.25) is 0 Å². The molecule has 1 amide bonds. The number of amides is 1. The Kier molecular flexibility index (Phi) is 5.23. The van der Waals surface area contributed by atoms with Crippen molar-refractivity contribution in [2.24, 2.45) is 0 Å². The van der Waals surface area contributed by atoms with E-state index in [-0.39, 0.29) is 35.5 Å². The maximum atomic E-state index is 12.3. The number of nitrogens with one attached hydrogen (secondary N) is 1. The number of ether oxygens (including phenoxy) is 1. The van der Waals surface area contributed by atoms with E-state index in [1.807, 2.05) is 48.5 Å². The van der Waals surface area contributed by atoms with E-state index < -0.39 is 5.97 Å². The molecule has 1 aromatic heterocycles. The Morgan fingerprint density at radius 3 is 2.73 bits per heavy atom. The van der Waals surface area contributed by atoms with Crippen LogP contribution in [0.25, 0.3) is 22.6 Å². The number of fused-ring (bicyclic) bond motifs is 2. The van der Waals surface area contributed by atoms with Gasteiger partial charge in [-0.15, -0.1) is 0 Å². The molecule has 0 atom stereocenters. The molecule has 2 aromatic carbocycles. The zero-order chi connectivity index (χ0) is 17.4. The summed E-state index contributed by atoms with van der Waals surface area (Å²) in [5, 5.41) is 3.67. The number of para-hydroxylation sites is 1. The van der Waals surface area contributed by atoms with Gasteiger partial charge in [-0.05, 0) is 29.8 Å². The molecule has 26 heavy (non-hydrogen) atoms. The molecule has 0 fully saturated rings. The first-order chi connectivity index (χ1) is 12.1. The molecular formula is C20H15N2NaO3. The van der Waals surface area contributed by atoms with Crippen LogP contribution >= 0.6 is 0 Å². The first-order valence-electron chi connectivity index (χ1n) is 7.82. The Labute approximate surface area is 172 Å². The second-order valence-electron chi connectivity index (χ2n) is 5.70. The van der Waals surface area contributed by atoms with Crippen LogP contribution in [0, 0.1) is 0 Å². The minimum absolute atomic E-state index is 0. The third-order valence-electron chi connectivity index (χ3n) is 4.03. The third kappa shape index (κ3) is 3.29. The van der Waals surface area contributed by atoms with Gasteiger partial charge in [0.2, 0.25) is 0 Å². The first-order valence-corrected chi connectivity index (χ1v) is 7.82. The van der Waals surface area contributed by atoms with Crippen LogP contribution in [0.15, 0.2) is 54.7 Å². The number of pyridine rings is 1. The molecule has 6 heteroatoms. The van der Waals surface area contributed by atoms with Crippen LogP contribution in [-0.4, -0.2) is 46.4 Å². The van der Waals surface area contributed by atoms with E-state index in [2.05, 4.69) is 10.3 Å². The molecule has 0 unspecified atom stereocenters. The number of rotatable bonds is 2. The summed E-state index contributed by atoms with van der Waals surface area (Å²) in [5.74, 6) is -0.133. The fraction of sp³-hybridized carbons (Fsp3) is 0.0500. The molecule has 0 spiro atoms. The maximum absolute atomic E-state index is 12.3. The van der Waals surface area contributed by atoms with E-state index >= 15 is 0 Å². The number of hydrogen-bond donors (Lipinski definition) is 1. The Balaban J connectivity index is 0.00000196. The number of hydrogen-bond acceptors (Lipinski definition) is 4. The Morgan fingerprint density at radius 1 is 1.12 bits per heavy atom. The van der Waals surface area contributed by atoms with Gasteiger partial charge in [0.25, 0.3) is 5.91 Å². The SMILES string of the molecule is CC(=O)Oc1ccc(C=C2C(=O)Nc3ccccc32)c2cccnc12.[NaH]. The van der Waals surface area contributed by atoms with Gasteiger partial charge in [0, 0.05) is 35.3 Å². The normalized spacial score (nSPS) is 13.9. The summed E-state index contributed by atoms with van der Waals surface area (Å²) < 4.78 is 5.23. The van der Waals surface area contributed by atoms with E-state index in [0.29, 0.717) is 16.8 Å². The van der Waals surface area contributed by atoms with E-state index in [4.69, 9.17) is 4.74 Å². The predicted molar refractivity (Wildman–Crippen MR) is 103 cm³/mol. The van der Waals surface area contributed by atoms with Crippen molar-refractivity contribution in [3.63, 3.8) is 0 Å². The van der Waals surface area contributed by atoms with Crippen molar-refractivity contribution in [1.29, 1.82) is 0 Å². The van der Waals surface area contributed by atoms with Crippen molar-refractivity contribution in [1.82, 2.24) is 4.98 Å². The minimum atomic E-state index is -0.401. The monoisotopic (exact) mass is 354 g/mol. The van der Waals surface area contributed by atoms with Crippen molar-refractivity contribution in [2.45, 2.75) is 6.92 Å². The zero-order valence-electron chi connectivity index (χ0n) is 13.4. The quantitative estimate of drug-likeness (QED) is 0.332. The predicted octanol–water partition coefficient (Wildman–Crippen LogP) is 3.00. The molecule has 1 aliphatic rings. The number of carbonyl (C=O) groups excluding carboxylic acids is 2. The van der Waals surface area contributed by atoms with Gasteiger partial charge >= 0.3 is 35.5 Å². The van der Waals surface area contributed by atoms with Gasteiger partial charge < -0.3 is 10.1 Å². The molecule has 0 radical (unpaired) electrons. The molecule has 1 aliphatic heterocycles. The van der Waals surface area contributed by atoms with Gasteiger partial charge in [0.1, 0.15) is 5.52 Å². The molecule has 3 aromatic rings. The average Bonchev–Trinajstić information content (AvgIpc) is 2.92. The first kappa shape index (κ1) is 18.3. The van der Waals surface area contributed by atoms with Gasteiger partial charge in [-0.1, -0.05) is 30.3 Å². The topological polar surface area (TPSA) is 68.3 Å². The van der Waals surface area contributed by atoms with Crippen molar-refractivity contribution < 1.29 is 14.3 Å². The van der Waals surface area contributed by atoms with Gasteiger partial charge in [-0.2, -0.15) is 0 Å². The summed E-state index contributed by atoms with van der Waals surface area (Å²) in [4.78, 5) is 27.9. The summed E-state index contributed by atoms with van der Waals surface area (Å²) in [7, 11) is 0. The van der Waals surface area contributed by atoms with Crippen LogP contribution in [0.1, 0.15) is 18.1 Å². The summed E-state index contributed by atoms with van der Waals surface area (Å²) in [6, 6.07) is 14.8. The molecule has 1 N–H and O–H groups in total.